The Labute approximate surface area is 84.4 Å². The Bertz CT molecular complexity index is 209. The van der Waals surface area contributed by atoms with Gasteiger partial charge in [-0.15, -0.1) is 0 Å². The van der Waals surface area contributed by atoms with Gasteiger partial charge in [-0.05, 0) is 18.8 Å². The van der Waals surface area contributed by atoms with Crippen LogP contribution in [0.15, 0.2) is 0 Å². The molecular weight excluding hydrogens is 180 g/mol. The number of hydrogen-bond acceptors (Lipinski definition) is 3. The van der Waals surface area contributed by atoms with Gasteiger partial charge in [-0.1, -0.05) is 19.3 Å². The van der Waals surface area contributed by atoms with Crippen LogP contribution in [0, 0.1) is 11.8 Å². The van der Waals surface area contributed by atoms with Gasteiger partial charge in [0.05, 0.1) is 19.1 Å². The molecule has 2 rings (SSSR count). The van der Waals surface area contributed by atoms with Crippen LogP contribution in [0.3, 0.4) is 0 Å². The van der Waals surface area contributed by atoms with E-state index in [2.05, 4.69) is 0 Å². The minimum absolute atomic E-state index is 0.0607. The van der Waals surface area contributed by atoms with Crippen molar-refractivity contribution in [1.29, 1.82) is 0 Å². The second-order valence-corrected chi connectivity index (χ2v) is 4.54. The van der Waals surface area contributed by atoms with E-state index in [1.807, 2.05) is 0 Å². The van der Waals surface area contributed by atoms with E-state index in [4.69, 9.17) is 4.74 Å². The predicted molar refractivity (Wildman–Crippen MR) is 51.6 cm³/mol. The second kappa shape index (κ2) is 4.30. The summed E-state index contributed by atoms with van der Waals surface area (Å²) in [7, 11) is 0. The number of rotatable bonds is 2. The molecule has 2 fully saturated rings. The summed E-state index contributed by atoms with van der Waals surface area (Å²) in [6.07, 6.45) is 6.08. The molecule has 2 aliphatic rings. The molecule has 1 heterocycles. The van der Waals surface area contributed by atoms with Crippen LogP contribution in [-0.2, 0) is 9.53 Å². The Balaban J connectivity index is 1.86. The molecule has 0 spiro atoms. The molecule has 0 aromatic rings. The van der Waals surface area contributed by atoms with Crippen LogP contribution < -0.4 is 0 Å². The Kier molecular flexibility index (Phi) is 3.06. The van der Waals surface area contributed by atoms with Gasteiger partial charge in [-0.3, -0.25) is 4.79 Å². The minimum Gasteiger partial charge on any atom is -0.465 e. The predicted octanol–water partition coefficient (Wildman–Crippen LogP) is 1.49. The molecule has 2 atom stereocenters. The third-order valence-corrected chi connectivity index (χ3v) is 3.50. The van der Waals surface area contributed by atoms with E-state index in [0.29, 0.717) is 18.9 Å². The molecule has 1 saturated carbocycles. The number of hydrogen-bond donors (Lipinski definition) is 1. The van der Waals surface area contributed by atoms with Gasteiger partial charge in [0.25, 0.3) is 0 Å². The van der Waals surface area contributed by atoms with Gasteiger partial charge in [-0.25, -0.2) is 0 Å². The maximum Gasteiger partial charge on any atom is 0.306 e. The van der Waals surface area contributed by atoms with Crippen LogP contribution >= 0.6 is 0 Å². The Morgan fingerprint density at radius 1 is 1.21 bits per heavy atom. The molecule has 0 radical (unpaired) electrons. The molecule has 1 aliphatic heterocycles. The van der Waals surface area contributed by atoms with Crippen molar-refractivity contribution < 1.29 is 14.6 Å². The van der Waals surface area contributed by atoms with Gasteiger partial charge in [0.15, 0.2) is 0 Å². The van der Waals surface area contributed by atoms with Crippen molar-refractivity contribution in [1.82, 2.24) is 0 Å². The lowest BCUT2D eigenvalue weighted by atomic mass is 9.80. The Hall–Kier alpha value is -0.570. The third-order valence-electron chi connectivity index (χ3n) is 3.50. The summed E-state index contributed by atoms with van der Waals surface area (Å²) in [6, 6.07) is 0. The van der Waals surface area contributed by atoms with Crippen molar-refractivity contribution in [3.63, 3.8) is 0 Å². The van der Waals surface area contributed by atoms with E-state index >= 15 is 0 Å². The maximum absolute atomic E-state index is 10.9. The topological polar surface area (TPSA) is 46.5 Å². The number of esters is 1. The molecule has 0 bridgehead atoms. The fraction of sp³-hybridized carbons (Fsp3) is 0.909. The largest absolute Gasteiger partial charge is 0.465 e. The fourth-order valence-corrected chi connectivity index (χ4v) is 2.61. The first-order valence-electron chi connectivity index (χ1n) is 5.61. The highest BCUT2D eigenvalue weighted by atomic mass is 16.5. The van der Waals surface area contributed by atoms with E-state index in [1.54, 1.807) is 0 Å². The summed E-state index contributed by atoms with van der Waals surface area (Å²) in [5.74, 6) is 0.318. The molecule has 1 saturated heterocycles. The van der Waals surface area contributed by atoms with Gasteiger partial charge < -0.3 is 9.84 Å². The molecule has 0 unspecified atom stereocenters. The average molecular weight is 198 g/mol. The highest BCUT2D eigenvalue weighted by Gasteiger charge is 2.34. The molecule has 14 heavy (non-hydrogen) atoms. The SMILES string of the molecule is O=C1C[C@@H]([C@@H](O)C2CCCCC2)CO1. The maximum atomic E-state index is 10.9. The molecule has 3 nitrogen and oxygen atoms in total. The monoisotopic (exact) mass is 198 g/mol. The van der Waals surface area contributed by atoms with Crippen LogP contribution in [0.1, 0.15) is 38.5 Å². The number of ether oxygens (including phenoxy) is 1. The molecule has 1 aliphatic carbocycles. The van der Waals surface area contributed by atoms with E-state index < -0.39 is 0 Å². The van der Waals surface area contributed by atoms with Crippen molar-refractivity contribution in [2.45, 2.75) is 44.6 Å². The fourth-order valence-electron chi connectivity index (χ4n) is 2.61. The summed E-state index contributed by atoms with van der Waals surface area (Å²) in [6.45, 7) is 0.427. The van der Waals surface area contributed by atoms with Gasteiger partial charge in [0, 0.05) is 5.92 Å². The number of carbonyl (C=O) groups excluding carboxylic acids is 1. The van der Waals surface area contributed by atoms with Crippen molar-refractivity contribution >= 4 is 5.97 Å². The van der Waals surface area contributed by atoms with Crippen LogP contribution in [0.4, 0.5) is 0 Å². The third kappa shape index (κ3) is 2.08. The van der Waals surface area contributed by atoms with Crippen molar-refractivity contribution in [2.75, 3.05) is 6.61 Å². The van der Waals surface area contributed by atoms with Crippen molar-refractivity contribution in [3.05, 3.63) is 0 Å². The highest BCUT2D eigenvalue weighted by Crippen LogP contribution is 2.32. The summed E-state index contributed by atoms with van der Waals surface area (Å²) in [4.78, 5) is 10.9. The first-order valence-corrected chi connectivity index (χ1v) is 5.61. The number of aliphatic hydroxyl groups excluding tert-OH is 1. The summed E-state index contributed by atoms with van der Waals surface area (Å²) >= 11 is 0. The van der Waals surface area contributed by atoms with Gasteiger partial charge in [0.1, 0.15) is 0 Å². The van der Waals surface area contributed by atoms with Gasteiger partial charge in [-0.2, -0.15) is 0 Å². The van der Waals surface area contributed by atoms with E-state index in [-0.39, 0.29) is 18.0 Å². The number of carbonyl (C=O) groups is 1. The van der Waals surface area contributed by atoms with Crippen LogP contribution in [0.5, 0.6) is 0 Å². The van der Waals surface area contributed by atoms with Crippen LogP contribution in [0.25, 0.3) is 0 Å². The molecular formula is C11H18O3. The molecule has 0 aromatic heterocycles. The molecule has 0 amide bonds. The quantitative estimate of drug-likeness (QED) is 0.684. The van der Waals surface area contributed by atoms with Gasteiger partial charge >= 0.3 is 5.97 Å². The van der Waals surface area contributed by atoms with Crippen LogP contribution in [-0.4, -0.2) is 23.8 Å². The molecule has 0 aromatic carbocycles. The van der Waals surface area contributed by atoms with Crippen LogP contribution in [0.2, 0.25) is 0 Å². The summed E-state index contributed by atoms with van der Waals surface area (Å²) in [5.41, 5.74) is 0. The smallest absolute Gasteiger partial charge is 0.306 e. The summed E-state index contributed by atoms with van der Waals surface area (Å²) in [5, 5.41) is 10.1. The lowest BCUT2D eigenvalue weighted by Crippen LogP contribution is -2.31. The zero-order valence-electron chi connectivity index (χ0n) is 8.45. The van der Waals surface area contributed by atoms with E-state index in [0.717, 1.165) is 12.8 Å². The van der Waals surface area contributed by atoms with E-state index in [9.17, 15) is 9.90 Å². The first kappa shape index (κ1) is 9.97. The standard InChI is InChI=1S/C11H18O3/c12-10-6-9(7-14-10)11(13)8-4-2-1-3-5-8/h8-9,11,13H,1-7H2/t9-,11+/m1/s1. The normalized spacial score (nSPS) is 31.5. The second-order valence-electron chi connectivity index (χ2n) is 4.54. The Morgan fingerprint density at radius 3 is 2.50 bits per heavy atom. The van der Waals surface area contributed by atoms with Gasteiger partial charge in [0.2, 0.25) is 0 Å². The zero-order chi connectivity index (χ0) is 9.97. The molecule has 1 N–H and O–H groups in total. The molecule has 80 valence electrons. The van der Waals surface area contributed by atoms with E-state index in [1.165, 1.54) is 19.3 Å². The lowest BCUT2D eigenvalue weighted by Gasteiger charge is -2.29. The first-order chi connectivity index (χ1) is 6.77. The van der Waals surface area contributed by atoms with Crippen molar-refractivity contribution in [2.24, 2.45) is 11.8 Å². The number of cyclic esters (lactones) is 1. The Morgan fingerprint density at radius 2 is 1.93 bits per heavy atom. The zero-order valence-corrected chi connectivity index (χ0v) is 8.45. The minimum atomic E-state index is -0.318. The summed E-state index contributed by atoms with van der Waals surface area (Å²) < 4.78 is 4.88. The highest BCUT2D eigenvalue weighted by molar-refractivity contribution is 5.71. The number of aliphatic hydroxyl groups is 1. The van der Waals surface area contributed by atoms with Crippen molar-refractivity contribution in [3.8, 4) is 0 Å². The average Bonchev–Trinajstić information content (AvgIpc) is 2.65. The lowest BCUT2D eigenvalue weighted by molar-refractivity contribution is -0.137. The molecule has 3 heteroatoms.